The average molecular weight is 183 g/mol. The van der Waals surface area contributed by atoms with Crippen LogP contribution in [0.25, 0.3) is 0 Å². The maximum atomic E-state index is 9.43. The van der Waals surface area contributed by atoms with Gasteiger partial charge in [0.2, 0.25) is 0 Å². The minimum absolute atomic E-state index is 0.467. The molecule has 0 saturated carbocycles. The number of anilines is 1. The third kappa shape index (κ3) is 2.42. The standard InChI is InChI=1S/C9H13NO3/c10-7-3-1-6(2-4-7)9(13)8(12)5-11/h1-4,8-9,11-13H,5,10H2. The van der Waals surface area contributed by atoms with Gasteiger partial charge < -0.3 is 21.1 Å². The zero-order valence-electron chi connectivity index (χ0n) is 7.09. The topological polar surface area (TPSA) is 86.7 Å². The van der Waals surface area contributed by atoms with E-state index in [4.69, 9.17) is 15.9 Å². The van der Waals surface area contributed by atoms with Crippen LogP contribution in [0.2, 0.25) is 0 Å². The lowest BCUT2D eigenvalue weighted by Crippen LogP contribution is -2.21. The van der Waals surface area contributed by atoms with Crippen molar-refractivity contribution in [2.75, 3.05) is 12.3 Å². The van der Waals surface area contributed by atoms with Crippen molar-refractivity contribution in [3.05, 3.63) is 29.8 Å². The first-order valence-corrected chi connectivity index (χ1v) is 3.97. The summed E-state index contributed by atoms with van der Waals surface area (Å²) in [5.41, 5.74) is 6.57. The van der Waals surface area contributed by atoms with Crippen molar-refractivity contribution in [1.29, 1.82) is 0 Å². The number of aliphatic hydroxyl groups excluding tert-OH is 3. The van der Waals surface area contributed by atoms with Gasteiger partial charge in [0, 0.05) is 5.69 Å². The van der Waals surface area contributed by atoms with Gasteiger partial charge in [0.25, 0.3) is 0 Å². The van der Waals surface area contributed by atoms with Crippen molar-refractivity contribution in [2.24, 2.45) is 0 Å². The van der Waals surface area contributed by atoms with Crippen LogP contribution < -0.4 is 5.73 Å². The van der Waals surface area contributed by atoms with Gasteiger partial charge in [-0.05, 0) is 17.7 Å². The Morgan fingerprint density at radius 2 is 1.69 bits per heavy atom. The normalized spacial score (nSPS) is 15.3. The number of nitrogen functional groups attached to an aromatic ring is 1. The molecule has 1 aromatic carbocycles. The Bertz CT molecular complexity index is 260. The molecule has 0 aliphatic rings. The number of rotatable bonds is 3. The van der Waals surface area contributed by atoms with Gasteiger partial charge in [0.05, 0.1) is 6.61 Å². The fourth-order valence-electron chi connectivity index (χ4n) is 1.02. The van der Waals surface area contributed by atoms with Crippen molar-refractivity contribution in [2.45, 2.75) is 12.2 Å². The summed E-state index contributed by atoms with van der Waals surface area (Å²) in [6.07, 6.45) is -2.21. The Kier molecular flexibility index (Phi) is 3.25. The van der Waals surface area contributed by atoms with Gasteiger partial charge >= 0.3 is 0 Å². The highest BCUT2D eigenvalue weighted by molar-refractivity contribution is 5.39. The van der Waals surface area contributed by atoms with Crippen LogP contribution >= 0.6 is 0 Å². The lowest BCUT2D eigenvalue weighted by atomic mass is 10.0. The fraction of sp³-hybridized carbons (Fsp3) is 0.333. The maximum absolute atomic E-state index is 9.43. The minimum Gasteiger partial charge on any atom is -0.399 e. The Morgan fingerprint density at radius 1 is 1.15 bits per heavy atom. The van der Waals surface area contributed by atoms with Gasteiger partial charge in [0.1, 0.15) is 12.2 Å². The SMILES string of the molecule is Nc1ccc(C(O)C(O)CO)cc1. The monoisotopic (exact) mass is 183 g/mol. The summed E-state index contributed by atoms with van der Waals surface area (Å²) in [5.74, 6) is 0. The molecule has 0 bridgehead atoms. The molecule has 5 N–H and O–H groups in total. The van der Waals surface area contributed by atoms with Crippen LogP contribution in [-0.2, 0) is 0 Å². The second kappa shape index (κ2) is 4.23. The van der Waals surface area contributed by atoms with E-state index in [0.29, 0.717) is 11.3 Å². The molecule has 1 aromatic rings. The van der Waals surface area contributed by atoms with Gasteiger partial charge in [-0.15, -0.1) is 0 Å². The van der Waals surface area contributed by atoms with E-state index in [1.807, 2.05) is 0 Å². The van der Waals surface area contributed by atoms with Crippen molar-refractivity contribution >= 4 is 5.69 Å². The molecular formula is C9H13NO3. The molecule has 0 saturated heterocycles. The fourth-order valence-corrected chi connectivity index (χ4v) is 1.02. The van der Waals surface area contributed by atoms with E-state index in [0.717, 1.165) is 0 Å². The summed E-state index contributed by atoms with van der Waals surface area (Å²) in [5, 5.41) is 27.1. The molecule has 0 radical (unpaired) electrons. The van der Waals surface area contributed by atoms with Crippen molar-refractivity contribution in [3.63, 3.8) is 0 Å². The molecule has 2 unspecified atom stereocenters. The third-order valence-corrected chi connectivity index (χ3v) is 1.83. The molecule has 4 heteroatoms. The van der Waals surface area contributed by atoms with E-state index >= 15 is 0 Å². The molecule has 13 heavy (non-hydrogen) atoms. The summed E-state index contributed by atoms with van der Waals surface area (Å²) < 4.78 is 0. The van der Waals surface area contributed by atoms with Crippen LogP contribution in [0.3, 0.4) is 0 Å². The molecule has 2 atom stereocenters. The average Bonchev–Trinajstić information content (AvgIpc) is 2.17. The predicted molar refractivity (Wildman–Crippen MR) is 48.9 cm³/mol. The van der Waals surface area contributed by atoms with E-state index in [9.17, 15) is 5.11 Å². The zero-order valence-corrected chi connectivity index (χ0v) is 7.09. The second-order valence-electron chi connectivity index (χ2n) is 2.86. The number of benzene rings is 1. The van der Waals surface area contributed by atoms with Crippen LogP contribution in [0.5, 0.6) is 0 Å². The first-order chi connectivity index (χ1) is 6.15. The van der Waals surface area contributed by atoms with Crippen molar-refractivity contribution in [3.8, 4) is 0 Å². The van der Waals surface area contributed by atoms with Crippen LogP contribution in [-0.4, -0.2) is 28.0 Å². The lowest BCUT2D eigenvalue weighted by Gasteiger charge is -2.15. The molecule has 0 amide bonds. The summed E-state index contributed by atoms with van der Waals surface area (Å²) in [6, 6.07) is 6.48. The first-order valence-electron chi connectivity index (χ1n) is 3.97. The molecule has 0 aromatic heterocycles. The highest BCUT2D eigenvalue weighted by Gasteiger charge is 2.16. The van der Waals surface area contributed by atoms with Crippen LogP contribution in [0.4, 0.5) is 5.69 Å². The number of hydrogen-bond acceptors (Lipinski definition) is 4. The minimum atomic E-state index is -1.15. The van der Waals surface area contributed by atoms with E-state index in [1.165, 1.54) is 0 Å². The smallest absolute Gasteiger partial charge is 0.107 e. The van der Waals surface area contributed by atoms with E-state index in [2.05, 4.69) is 0 Å². The van der Waals surface area contributed by atoms with Crippen LogP contribution in [0, 0.1) is 0 Å². The second-order valence-corrected chi connectivity index (χ2v) is 2.86. The molecular weight excluding hydrogens is 170 g/mol. The Balaban J connectivity index is 2.77. The van der Waals surface area contributed by atoms with Crippen LogP contribution in [0.15, 0.2) is 24.3 Å². The molecule has 0 spiro atoms. The zero-order chi connectivity index (χ0) is 9.84. The molecule has 0 aliphatic heterocycles. The Morgan fingerprint density at radius 3 is 2.15 bits per heavy atom. The van der Waals surface area contributed by atoms with Crippen LogP contribution in [0.1, 0.15) is 11.7 Å². The molecule has 1 rings (SSSR count). The third-order valence-electron chi connectivity index (χ3n) is 1.83. The van der Waals surface area contributed by atoms with Gasteiger partial charge in [-0.3, -0.25) is 0 Å². The molecule has 0 heterocycles. The lowest BCUT2D eigenvalue weighted by molar-refractivity contribution is -0.0152. The predicted octanol–water partition coefficient (Wildman–Crippen LogP) is -0.345. The number of hydrogen-bond donors (Lipinski definition) is 4. The van der Waals surface area contributed by atoms with E-state index in [-0.39, 0.29) is 0 Å². The van der Waals surface area contributed by atoms with Gasteiger partial charge in [-0.25, -0.2) is 0 Å². The van der Waals surface area contributed by atoms with Gasteiger partial charge in [0.15, 0.2) is 0 Å². The maximum Gasteiger partial charge on any atom is 0.107 e. The Labute approximate surface area is 76.2 Å². The molecule has 4 nitrogen and oxygen atoms in total. The number of aliphatic hydroxyl groups is 3. The molecule has 72 valence electrons. The summed E-state index contributed by atoms with van der Waals surface area (Å²) in [6.45, 7) is -0.467. The summed E-state index contributed by atoms with van der Waals surface area (Å²) in [4.78, 5) is 0. The quantitative estimate of drug-likeness (QED) is 0.483. The van der Waals surface area contributed by atoms with E-state index < -0.39 is 18.8 Å². The Hall–Kier alpha value is -1.10. The number of nitrogens with two attached hydrogens (primary N) is 1. The van der Waals surface area contributed by atoms with Gasteiger partial charge in [-0.1, -0.05) is 12.1 Å². The van der Waals surface area contributed by atoms with Crippen molar-refractivity contribution < 1.29 is 15.3 Å². The molecule has 0 fully saturated rings. The highest BCUT2D eigenvalue weighted by atomic mass is 16.4. The summed E-state index contributed by atoms with van der Waals surface area (Å²) >= 11 is 0. The molecule has 0 aliphatic carbocycles. The largest absolute Gasteiger partial charge is 0.399 e. The van der Waals surface area contributed by atoms with Gasteiger partial charge in [-0.2, -0.15) is 0 Å². The highest BCUT2D eigenvalue weighted by Crippen LogP contribution is 2.17. The van der Waals surface area contributed by atoms with Crippen molar-refractivity contribution in [1.82, 2.24) is 0 Å². The van der Waals surface area contributed by atoms with E-state index in [1.54, 1.807) is 24.3 Å². The summed E-state index contributed by atoms with van der Waals surface area (Å²) in [7, 11) is 0. The first kappa shape index (κ1) is 9.98.